The van der Waals surface area contributed by atoms with E-state index < -0.39 is 5.69 Å². The summed E-state index contributed by atoms with van der Waals surface area (Å²) in [4.78, 5) is 29.1. The summed E-state index contributed by atoms with van der Waals surface area (Å²) in [7, 11) is 0. The van der Waals surface area contributed by atoms with Crippen molar-refractivity contribution in [1.82, 2.24) is 9.55 Å². The Balaban J connectivity index is 2.24. The fraction of sp³-hybridized carbons (Fsp3) is 0.235. The molecule has 0 atom stereocenters. The van der Waals surface area contributed by atoms with E-state index in [1.807, 2.05) is 13.0 Å². The van der Waals surface area contributed by atoms with E-state index in [9.17, 15) is 14.0 Å². The number of aryl methyl sites for hydroxylation is 1. The molecule has 122 valence electrons. The Bertz CT molecular complexity index is 1050. The van der Waals surface area contributed by atoms with Crippen LogP contribution in [-0.2, 0) is 6.54 Å². The van der Waals surface area contributed by atoms with E-state index in [1.54, 1.807) is 12.1 Å². The van der Waals surface area contributed by atoms with E-state index in [4.69, 9.17) is 5.26 Å². The number of nitrogens with zero attached hydrogens (tertiary/aromatic N) is 2. The monoisotopic (exact) mass is 343 g/mol. The van der Waals surface area contributed by atoms with Gasteiger partial charge >= 0.3 is 5.69 Å². The van der Waals surface area contributed by atoms with Gasteiger partial charge in [-0.25, -0.2) is 9.18 Å². The van der Waals surface area contributed by atoms with Gasteiger partial charge < -0.3 is 0 Å². The molecule has 0 saturated carbocycles. The van der Waals surface area contributed by atoms with Crippen LogP contribution in [0.1, 0.15) is 17.7 Å². The van der Waals surface area contributed by atoms with Crippen molar-refractivity contribution in [2.75, 3.05) is 0 Å². The van der Waals surface area contributed by atoms with Crippen molar-refractivity contribution in [3.05, 3.63) is 55.8 Å². The van der Waals surface area contributed by atoms with Crippen molar-refractivity contribution < 1.29 is 4.39 Å². The van der Waals surface area contributed by atoms with Gasteiger partial charge in [-0.15, -0.1) is 11.3 Å². The first-order valence-corrected chi connectivity index (χ1v) is 8.23. The first-order chi connectivity index (χ1) is 11.5. The number of aromatic nitrogens is 2. The van der Waals surface area contributed by atoms with Gasteiger partial charge in [0.1, 0.15) is 10.6 Å². The zero-order valence-corrected chi connectivity index (χ0v) is 13.7. The van der Waals surface area contributed by atoms with Crippen molar-refractivity contribution in [3.8, 4) is 17.2 Å². The molecule has 2 heterocycles. The number of halogens is 1. The molecule has 0 aliphatic carbocycles. The third-order valence-electron chi connectivity index (χ3n) is 3.81. The van der Waals surface area contributed by atoms with Gasteiger partial charge in [0.05, 0.1) is 11.5 Å². The van der Waals surface area contributed by atoms with Gasteiger partial charge in [0.15, 0.2) is 0 Å². The number of aromatic amines is 1. The van der Waals surface area contributed by atoms with Crippen LogP contribution < -0.4 is 11.2 Å². The fourth-order valence-electron chi connectivity index (χ4n) is 2.71. The number of benzene rings is 1. The molecule has 0 radical (unpaired) electrons. The Morgan fingerprint density at radius 3 is 2.67 bits per heavy atom. The van der Waals surface area contributed by atoms with Crippen LogP contribution in [0, 0.1) is 24.1 Å². The first kappa shape index (κ1) is 16.1. The average molecular weight is 343 g/mol. The van der Waals surface area contributed by atoms with Crippen LogP contribution in [0.5, 0.6) is 0 Å². The van der Waals surface area contributed by atoms with E-state index in [1.165, 1.54) is 23.5 Å². The summed E-state index contributed by atoms with van der Waals surface area (Å²) in [6.07, 6.45) is 0.706. The van der Waals surface area contributed by atoms with Crippen LogP contribution in [0.3, 0.4) is 0 Å². The zero-order chi connectivity index (χ0) is 17.3. The summed E-state index contributed by atoms with van der Waals surface area (Å²) < 4.78 is 14.3. The molecular formula is C17H14FN3O2S. The standard InChI is InChI=1S/C17H14FN3O2S/c1-10-13(11-4-6-12(18)7-5-11)14-15(24-10)20-17(23)21(16(14)22)9-3-2-8-19/h4-7H,2-3,9H2,1H3,(H,20,23). The lowest BCUT2D eigenvalue weighted by atomic mass is 10.0. The van der Waals surface area contributed by atoms with Crippen molar-refractivity contribution in [2.45, 2.75) is 26.3 Å². The number of fused-ring (bicyclic) bond motifs is 1. The third kappa shape index (κ3) is 2.76. The second-order valence-corrected chi connectivity index (χ2v) is 6.62. The molecule has 0 aliphatic rings. The highest BCUT2D eigenvalue weighted by Gasteiger charge is 2.18. The molecule has 0 unspecified atom stereocenters. The molecule has 24 heavy (non-hydrogen) atoms. The van der Waals surface area contributed by atoms with Crippen molar-refractivity contribution in [3.63, 3.8) is 0 Å². The molecule has 2 aromatic heterocycles. The number of hydrogen-bond acceptors (Lipinski definition) is 4. The van der Waals surface area contributed by atoms with Gasteiger partial charge in [-0.2, -0.15) is 5.26 Å². The zero-order valence-electron chi connectivity index (χ0n) is 12.9. The van der Waals surface area contributed by atoms with Crippen LogP contribution in [-0.4, -0.2) is 9.55 Å². The Morgan fingerprint density at radius 1 is 1.29 bits per heavy atom. The minimum Gasteiger partial charge on any atom is -0.298 e. The molecule has 0 saturated heterocycles. The summed E-state index contributed by atoms with van der Waals surface area (Å²) >= 11 is 1.33. The highest BCUT2D eigenvalue weighted by molar-refractivity contribution is 7.19. The Kier molecular flexibility index (Phi) is 4.32. The van der Waals surface area contributed by atoms with Crippen molar-refractivity contribution >= 4 is 21.6 Å². The Labute approximate surface area is 140 Å². The van der Waals surface area contributed by atoms with E-state index in [0.29, 0.717) is 22.2 Å². The summed E-state index contributed by atoms with van der Waals surface area (Å²) in [5.41, 5.74) is 0.589. The van der Waals surface area contributed by atoms with E-state index in [-0.39, 0.29) is 24.3 Å². The highest BCUT2D eigenvalue weighted by atomic mass is 32.1. The van der Waals surface area contributed by atoms with E-state index in [2.05, 4.69) is 4.98 Å². The largest absolute Gasteiger partial charge is 0.329 e. The van der Waals surface area contributed by atoms with Crippen LogP contribution in [0.15, 0.2) is 33.9 Å². The Hall–Kier alpha value is -2.72. The maximum atomic E-state index is 13.2. The Morgan fingerprint density at radius 2 is 2.00 bits per heavy atom. The lowest BCUT2D eigenvalue weighted by Gasteiger charge is -2.05. The molecule has 7 heteroatoms. The third-order valence-corrected chi connectivity index (χ3v) is 4.83. The predicted octanol–water partition coefficient (Wildman–Crippen LogP) is 3.17. The average Bonchev–Trinajstić information content (AvgIpc) is 2.87. The van der Waals surface area contributed by atoms with Crippen molar-refractivity contribution in [2.24, 2.45) is 0 Å². The maximum absolute atomic E-state index is 13.2. The minimum atomic E-state index is -0.475. The van der Waals surface area contributed by atoms with E-state index >= 15 is 0 Å². The van der Waals surface area contributed by atoms with Gasteiger partial charge in [-0.1, -0.05) is 12.1 Å². The molecule has 5 nitrogen and oxygen atoms in total. The summed E-state index contributed by atoms with van der Waals surface area (Å²) in [5.74, 6) is -0.349. The first-order valence-electron chi connectivity index (χ1n) is 7.42. The van der Waals surface area contributed by atoms with Crippen LogP contribution in [0.25, 0.3) is 21.3 Å². The number of rotatable bonds is 4. The lowest BCUT2D eigenvalue weighted by molar-refractivity contribution is 0.605. The summed E-state index contributed by atoms with van der Waals surface area (Å²) in [6, 6.07) is 7.92. The SMILES string of the molecule is Cc1sc2[nH]c(=O)n(CCCC#N)c(=O)c2c1-c1ccc(F)cc1. The molecule has 0 bridgehead atoms. The summed E-state index contributed by atoms with van der Waals surface area (Å²) in [5, 5.41) is 9.05. The molecule has 0 fully saturated rings. The normalized spacial score (nSPS) is 10.9. The number of unbranched alkanes of at least 4 members (excludes halogenated alkanes) is 1. The predicted molar refractivity (Wildman–Crippen MR) is 91.7 cm³/mol. The molecule has 0 spiro atoms. The number of nitrogens with one attached hydrogen (secondary N) is 1. The molecule has 3 aromatic rings. The number of hydrogen-bond donors (Lipinski definition) is 1. The fourth-order valence-corrected chi connectivity index (χ4v) is 3.77. The van der Waals surface area contributed by atoms with Crippen LogP contribution in [0.2, 0.25) is 0 Å². The summed E-state index contributed by atoms with van der Waals surface area (Å²) in [6.45, 7) is 2.05. The van der Waals surface area contributed by atoms with E-state index in [0.717, 1.165) is 15.0 Å². The van der Waals surface area contributed by atoms with Gasteiger partial charge in [-0.3, -0.25) is 14.3 Å². The lowest BCUT2D eigenvalue weighted by Crippen LogP contribution is -2.34. The van der Waals surface area contributed by atoms with Gasteiger partial charge in [0.2, 0.25) is 0 Å². The molecule has 3 rings (SSSR count). The van der Waals surface area contributed by atoms with Crippen molar-refractivity contribution in [1.29, 1.82) is 5.26 Å². The molecule has 1 aromatic carbocycles. The molecule has 0 aliphatic heterocycles. The number of H-pyrrole nitrogens is 1. The molecule has 0 amide bonds. The minimum absolute atomic E-state index is 0.190. The number of nitriles is 1. The second kappa shape index (κ2) is 6.42. The smallest absolute Gasteiger partial charge is 0.298 e. The van der Waals surface area contributed by atoms with Gasteiger partial charge in [0.25, 0.3) is 5.56 Å². The number of thiophene rings is 1. The van der Waals surface area contributed by atoms with Crippen LogP contribution in [0.4, 0.5) is 4.39 Å². The highest BCUT2D eigenvalue weighted by Crippen LogP contribution is 2.35. The van der Waals surface area contributed by atoms with Gasteiger partial charge in [0, 0.05) is 23.4 Å². The quantitative estimate of drug-likeness (QED) is 0.739. The maximum Gasteiger partial charge on any atom is 0.329 e. The van der Waals surface area contributed by atoms with Gasteiger partial charge in [-0.05, 0) is 31.0 Å². The molecular weight excluding hydrogens is 329 g/mol. The topological polar surface area (TPSA) is 78.7 Å². The van der Waals surface area contributed by atoms with Crippen LogP contribution >= 0.6 is 11.3 Å². The second-order valence-electron chi connectivity index (χ2n) is 5.39. The molecule has 1 N–H and O–H groups in total.